The summed E-state index contributed by atoms with van der Waals surface area (Å²) in [6.07, 6.45) is 1.86. The highest BCUT2D eigenvalue weighted by Gasteiger charge is 2.15. The minimum atomic E-state index is 0.0167. The highest BCUT2D eigenvalue weighted by Crippen LogP contribution is 2.19. The molecular weight excluding hydrogens is 328 g/mol. The topological polar surface area (TPSA) is 36.1 Å². The first-order valence-corrected chi connectivity index (χ1v) is 7.50. The second-order valence-corrected chi connectivity index (χ2v) is 5.95. The Morgan fingerprint density at radius 1 is 1.19 bits per heavy atom. The van der Waals surface area contributed by atoms with E-state index >= 15 is 0 Å². The molecule has 2 aromatic carbocycles. The Bertz CT molecular complexity index is 794. The largest absolute Gasteiger partial charge is 0.361 e. The van der Waals surface area contributed by atoms with E-state index < -0.39 is 0 Å². The number of fused-ring (bicyclic) bond motifs is 1. The van der Waals surface area contributed by atoms with Gasteiger partial charge in [0, 0.05) is 29.6 Å². The first-order chi connectivity index (χ1) is 10.1. The summed E-state index contributed by atoms with van der Waals surface area (Å²) in [6, 6.07) is 15.7. The third-order valence-corrected chi connectivity index (χ3v) is 3.97. The Hall–Kier alpha value is -2.07. The first-order valence-electron chi connectivity index (χ1n) is 6.71. The van der Waals surface area contributed by atoms with Crippen LogP contribution in [-0.4, -0.2) is 22.8 Å². The third kappa shape index (κ3) is 2.85. The van der Waals surface area contributed by atoms with E-state index in [9.17, 15) is 4.79 Å². The van der Waals surface area contributed by atoms with Gasteiger partial charge in [-0.1, -0.05) is 40.2 Å². The van der Waals surface area contributed by atoms with Gasteiger partial charge in [0.2, 0.25) is 0 Å². The van der Waals surface area contributed by atoms with E-state index in [4.69, 9.17) is 0 Å². The maximum absolute atomic E-state index is 12.6. The lowest BCUT2D eigenvalue weighted by atomic mass is 10.1. The predicted molar refractivity (Wildman–Crippen MR) is 88.2 cm³/mol. The van der Waals surface area contributed by atoms with Crippen LogP contribution in [0, 0.1) is 0 Å². The molecule has 1 heterocycles. The number of carbonyl (C=O) groups excluding carboxylic acids is 1. The summed E-state index contributed by atoms with van der Waals surface area (Å²) in [4.78, 5) is 17.5. The SMILES string of the molecule is CN(Cc1cccc(Br)c1)C(=O)c1cccc2cc[nH]c12. The molecule has 0 aliphatic carbocycles. The summed E-state index contributed by atoms with van der Waals surface area (Å²) < 4.78 is 1.02. The molecule has 0 radical (unpaired) electrons. The van der Waals surface area contributed by atoms with Crippen molar-refractivity contribution in [2.45, 2.75) is 6.54 Å². The van der Waals surface area contributed by atoms with E-state index in [-0.39, 0.29) is 5.91 Å². The van der Waals surface area contributed by atoms with Crippen LogP contribution in [0.2, 0.25) is 0 Å². The average Bonchev–Trinajstić information content (AvgIpc) is 2.94. The van der Waals surface area contributed by atoms with Crippen molar-refractivity contribution >= 4 is 32.7 Å². The molecule has 0 aliphatic rings. The van der Waals surface area contributed by atoms with E-state index in [1.807, 2.05) is 61.8 Å². The van der Waals surface area contributed by atoms with E-state index in [0.29, 0.717) is 12.1 Å². The number of aromatic nitrogens is 1. The summed E-state index contributed by atoms with van der Waals surface area (Å²) in [5.41, 5.74) is 2.69. The van der Waals surface area contributed by atoms with Crippen LogP contribution in [0.15, 0.2) is 59.2 Å². The number of halogens is 1. The number of carbonyl (C=O) groups is 1. The van der Waals surface area contributed by atoms with Crippen LogP contribution < -0.4 is 0 Å². The molecule has 0 saturated carbocycles. The quantitative estimate of drug-likeness (QED) is 0.760. The molecule has 0 bridgehead atoms. The van der Waals surface area contributed by atoms with Crippen molar-refractivity contribution in [3.63, 3.8) is 0 Å². The smallest absolute Gasteiger partial charge is 0.256 e. The number of rotatable bonds is 3. The third-order valence-electron chi connectivity index (χ3n) is 3.47. The van der Waals surface area contributed by atoms with Crippen molar-refractivity contribution in [2.24, 2.45) is 0 Å². The molecule has 1 aromatic heterocycles. The minimum absolute atomic E-state index is 0.0167. The van der Waals surface area contributed by atoms with Crippen LogP contribution in [0.5, 0.6) is 0 Å². The van der Waals surface area contributed by atoms with Gasteiger partial charge >= 0.3 is 0 Å². The molecule has 106 valence electrons. The minimum Gasteiger partial charge on any atom is -0.361 e. The molecule has 0 aliphatic heterocycles. The molecule has 21 heavy (non-hydrogen) atoms. The van der Waals surface area contributed by atoms with E-state index in [0.717, 1.165) is 20.9 Å². The van der Waals surface area contributed by atoms with Crippen molar-refractivity contribution < 1.29 is 4.79 Å². The fraction of sp³-hybridized carbons (Fsp3) is 0.118. The number of hydrogen-bond acceptors (Lipinski definition) is 1. The molecule has 0 unspecified atom stereocenters. The normalized spacial score (nSPS) is 10.8. The van der Waals surface area contributed by atoms with Gasteiger partial charge in [-0.15, -0.1) is 0 Å². The van der Waals surface area contributed by atoms with Crippen molar-refractivity contribution in [1.29, 1.82) is 0 Å². The van der Waals surface area contributed by atoms with Crippen LogP contribution in [0.25, 0.3) is 10.9 Å². The Balaban J connectivity index is 1.86. The fourth-order valence-electron chi connectivity index (χ4n) is 2.45. The standard InChI is InChI=1S/C17H15BrN2O/c1-20(11-12-4-2-6-14(18)10-12)17(21)15-7-3-5-13-8-9-19-16(13)15/h2-10,19H,11H2,1H3. The highest BCUT2D eigenvalue weighted by atomic mass is 79.9. The zero-order chi connectivity index (χ0) is 14.8. The lowest BCUT2D eigenvalue weighted by molar-refractivity contribution is 0.0787. The predicted octanol–water partition coefficient (Wildman–Crippen LogP) is 4.20. The van der Waals surface area contributed by atoms with Crippen LogP contribution in [0.3, 0.4) is 0 Å². The number of hydrogen-bond donors (Lipinski definition) is 1. The second kappa shape index (κ2) is 5.74. The van der Waals surface area contributed by atoms with Gasteiger partial charge in [-0.05, 0) is 29.8 Å². The lowest BCUT2D eigenvalue weighted by Gasteiger charge is -2.18. The lowest BCUT2D eigenvalue weighted by Crippen LogP contribution is -2.26. The van der Waals surface area contributed by atoms with E-state index in [2.05, 4.69) is 20.9 Å². The van der Waals surface area contributed by atoms with Gasteiger partial charge in [0.15, 0.2) is 0 Å². The number of nitrogens with zero attached hydrogens (tertiary/aromatic N) is 1. The highest BCUT2D eigenvalue weighted by molar-refractivity contribution is 9.10. The molecule has 0 saturated heterocycles. The fourth-order valence-corrected chi connectivity index (χ4v) is 2.90. The summed E-state index contributed by atoms with van der Waals surface area (Å²) >= 11 is 3.45. The number of benzene rings is 2. The number of aromatic amines is 1. The van der Waals surface area contributed by atoms with Crippen molar-refractivity contribution in [2.75, 3.05) is 7.05 Å². The molecule has 0 spiro atoms. The van der Waals surface area contributed by atoms with Gasteiger partial charge in [0.05, 0.1) is 11.1 Å². The Morgan fingerprint density at radius 2 is 2.00 bits per heavy atom. The van der Waals surface area contributed by atoms with Crippen molar-refractivity contribution in [1.82, 2.24) is 9.88 Å². The summed E-state index contributed by atoms with van der Waals surface area (Å²) in [5, 5.41) is 1.05. The summed E-state index contributed by atoms with van der Waals surface area (Å²) in [7, 11) is 1.82. The number of H-pyrrole nitrogens is 1. The summed E-state index contributed by atoms with van der Waals surface area (Å²) in [6.45, 7) is 0.579. The molecule has 3 aromatic rings. The molecule has 0 atom stereocenters. The monoisotopic (exact) mass is 342 g/mol. The van der Waals surface area contributed by atoms with Gasteiger partial charge in [0.25, 0.3) is 5.91 Å². The molecular formula is C17H15BrN2O. The molecule has 4 heteroatoms. The first kappa shape index (κ1) is 13.9. The number of amides is 1. The maximum atomic E-state index is 12.6. The van der Waals surface area contributed by atoms with Gasteiger partial charge in [-0.25, -0.2) is 0 Å². The van der Waals surface area contributed by atoms with E-state index in [1.165, 1.54) is 0 Å². The van der Waals surface area contributed by atoms with Crippen molar-refractivity contribution in [3.8, 4) is 0 Å². The molecule has 3 rings (SSSR count). The number of para-hydroxylation sites is 1. The van der Waals surface area contributed by atoms with Crippen LogP contribution in [0.1, 0.15) is 15.9 Å². The Labute approximate surface area is 131 Å². The molecule has 1 amide bonds. The Morgan fingerprint density at radius 3 is 2.81 bits per heavy atom. The zero-order valence-corrected chi connectivity index (χ0v) is 13.2. The second-order valence-electron chi connectivity index (χ2n) is 5.04. The zero-order valence-electron chi connectivity index (χ0n) is 11.6. The average molecular weight is 343 g/mol. The maximum Gasteiger partial charge on any atom is 0.256 e. The van der Waals surface area contributed by atoms with Gasteiger partial charge < -0.3 is 9.88 Å². The van der Waals surface area contributed by atoms with E-state index in [1.54, 1.807) is 4.90 Å². The van der Waals surface area contributed by atoms with Crippen molar-refractivity contribution in [3.05, 3.63) is 70.3 Å². The van der Waals surface area contributed by atoms with Crippen LogP contribution >= 0.6 is 15.9 Å². The van der Waals surface area contributed by atoms with Gasteiger partial charge in [-0.2, -0.15) is 0 Å². The van der Waals surface area contributed by atoms with Crippen LogP contribution in [0.4, 0.5) is 0 Å². The Kier molecular flexibility index (Phi) is 3.80. The van der Waals surface area contributed by atoms with Crippen LogP contribution in [-0.2, 0) is 6.54 Å². The summed E-state index contributed by atoms with van der Waals surface area (Å²) in [5.74, 6) is 0.0167. The molecule has 3 nitrogen and oxygen atoms in total. The molecule has 0 fully saturated rings. The number of nitrogens with one attached hydrogen (secondary N) is 1. The van der Waals surface area contributed by atoms with Gasteiger partial charge in [-0.3, -0.25) is 4.79 Å². The van der Waals surface area contributed by atoms with Gasteiger partial charge in [0.1, 0.15) is 0 Å². The molecule has 1 N–H and O–H groups in total.